The number of hydrogen-bond donors (Lipinski definition) is 0. The van der Waals surface area contributed by atoms with Crippen molar-refractivity contribution in [3.63, 3.8) is 0 Å². The topological polar surface area (TPSA) is 50.5 Å². The zero-order valence-electron chi connectivity index (χ0n) is 22.5. The number of rotatable bonds is 4. The van der Waals surface area contributed by atoms with Crippen molar-refractivity contribution in [2.75, 3.05) is 4.90 Å². The molecule has 7 aromatic rings. The van der Waals surface area contributed by atoms with Gasteiger partial charge < -0.3 is 9.32 Å². The average Bonchev–Trinajstić information content (AvgIpc) is 3.50. The van der Waals surface area contributed by atoms with Gasteiger partial charge in [-0.1, -0.05) is 66.7 Å². The van der Waals surface area contributed by atoms with Crippen LogP contribution in [-0.2, 0) is 0 Å². The number of furan rings is 1. The number of ketones is 2. The Bertz CT molecular complexity index is 2130. The number of nitrogens with zero attached hydrogens (tertiary/aromatic N) is 1. The molecule has 0 amide bonds. The van der Waals surface area contributed by atoms with E-state index in [4.69, 9.17) is 4.42 Å². The lowest BCUT2D eigenvalue weighted by molar-refractivity contribution is 0.0990. The fraction of sp³-hybridized carbons (Fsp3) is 0. The normalized spacial score (nSPS) is 12.8. The van der Waals surface area contributed by atoms with Crippen LogP contribution in [0.3, 0.4) is 0 Å². The van der Waals surface area contributed by atoms with Gasteiger partial charge in [0.05, 0.1) is 5.57 Å². The van der Waals surface area contributed by atoms with E-state index < -0.39 is 0 Å². The molecule has 8 rings (SSSR count). The number of fused-ring (bicyclic) bond motifs is 5. The van der Waals surface area contributed by atoms with Crippen molar-refractivity contribution in [2.24, 2.45) is 0 Å². The van der Waals surface area contributed by atoms with E-state index in [0.717, 1.165) is 49.8 Å². The van der Waals surface area contributed by atoms with Crippen molar-refractivity contribution in [3.8, 4) is 0 Å². The van der Waals surface area contributed by atoms with Crippen LogP contribution in [0.15, 0.2) is 143 Å². The largest absolute Gasteiger partial charge is 0.456 e. The first-order valence-corrected chi connectivity index (χ1v) is 13.8. The molecule has 1 aliphatic rings. The van der Waals surface area contributed by atoms with Crippen LogP contribution in [0.5, 0.6) is 0 Å². The molecule has 0 bridgehead atoms. The molecule has 6 aromatic carbocycles. The fourth-order valence-corrected chi connectivity index (χ4v) is 5.92. The Morgan fingerprint density at radius 3 is 1.62 bits per heavy atom. The molecule has 0 N–H and O–H groups in total. The van der Waals surface area contributed by atoms with Gasteiger partial charge in [-0.25, -0.2) is 0 Å². The maximum Gasteiger partial charge on any atom is 0.197 e. The summed E-state index contributed by atoms with van der Waals surface area (Å²) in [4.78, 5) is 28.8. The lowest BCUT2D eigenvalue weighted by Gasteiger charge is -2.25. The van der Waals surface area contributed by atoms with Crippen LogP contribution >= 0.6 is 0 Å². The molecule has 0 saturated carbocycles. The van der Waals surface area contributed by atoms with Crippen LogP contribution in [0.2, 0.25) is 0 Å². The lowest BCUT2D eigenvalue weighted by atomic mass is 10.0. The lowest BCUT2D eigenvalue weighted by Crippen LogP contribution is -2.09. The Balaban J connectivity index is 1.19. The van der Waals surface area contributed by atoms with Crippen LogP contribution in [0.25, 0.3) is 38.8 Å². The third-order valence-electron chi connectivity index (χ3n) is 7.94. The van der Waals surface area contributed by atoms with Gasteiger partial charge in [0.15, 0.2) is 11.6 Å². The van der Waals surface area contributed by atoms with E-state index >= 15 is 0 Å². The molecule has 0 spiro atoms. The highest BCUT2D eigenvalue weighted by Gasteiger charge is 2.33. The second kappa shape index (κ2) is 9.43. The molecule has 198 valence electrons. The summed E-state index contributed by atoms with van der Waals surface area (Å²) in [6.07, 6.45) is 1.68. The SMILES string of the molecule is O=C1C(=Cc2ccc3c(c2)oc2cc(N(c4ccccc4)c4ccccc4)ccc23)C(=O)c2cc3ccccc3cc21. The molecule has 0 atom stereocenters. The summed E-state index contributed by atoms with van der Waals surface area (Å²) in [5.74, 6) is -0.478. The fourth-order valence-electron chi connectivity index (χ4n) is 5.92. The third kappa shape index (κ3) is 3.85. The Morgan fingerprint density at radius 1 is 0.500 bits per heavy atom. The van der Waals surface area contributed by atoms with Gasteiger partial charge in [-0.15, -0.1) is 0 Å². The minimum atomic E-state index is -0.239. The second-order valence-electron chi connectivity index (χ2n) is 10.5. The molecule has 1 aromatic heterocycles. The number of para-hydroxylation sites is 2. The smallest absolute Gasteiger partial charge is 0.197 e. The number of hydrogen-bond acceptors (Lipinski definition) is 4. The zero-order chi connectivity index (χ0) is 28.2. The number of allylic oxidation sites excluding steroid dienone is 1. The van der Waals surface area contributed by atoms with Crippen molar-refractivity contribution >= 4 is 67.4 Å². The van der Waals surface area contributed by atoms with Gasteiger partial charge in [0.1, 0.15) is 11.2 Å². The second-order valence-corrected chi connectivity index (χ2v) is 10.5. The summed E-state index contributed by atoms with van der Waals surface area (Å²) < 4.78 is 6.36. The summed E-state index contributed by atoms with van der Waals surface area (Å²) in [5, 5.41) is 3.86. The molecule has 42 heavy (non-hydrogen) atoms. The van der Waals surface area contributed by atoms with E-state index in [1.165, 1.54) is 0 Å². The van der Waals surface area contributed by atoms with Gasteiger partial charge in [0.2, 0.25) is 0 Å². The number of benzene rings is 6. The molecule has 0 radical (unpaired) electrons. The number of Topliss-reactive ketones (excluding diaryl/α,β-unsaturated/α-hetero) is 2. The van der Waals surface area contributed by atoms with E-state index in [9.17, 15) is 9.59 Å². The van der Waals surface area contributed by atoms with Crippen molar-refractivity contribution in [3.05, 3.63) is 156 Å². The van der Waals surface area contributed by atoms with Crippen LogP contribution in [0.4, 0.5) is 17.1 Å². The molecule has 4 nitrogen and oxygen atoms in total. The molecule has 0 aliphatic heterocycles. The number of anilines is 3. The van der Waals surface area contributed by atoms with E-state index in [0.29, 0.717) is 16.7 Å². The van der Waals surface area contributed by atoms with Crippen LogP contribution < -0.4 is 4.90 Å². The van der Waals surface area contributed by atoms with Gasteiger partial charge in [0.25, 0.3) is 0 Å². The van der Waals surface area contributed by atoms with Crippen LogP contribution in [-0.4, -0.2) is 11.6 Å². The number of carbonyl (C=O) groups excluding carboxylic acids is 2. The first kappa shape index (κ1) is 24.1. The Kier molecular flexibility index (Phi) is 5.41. The molecular formula is C38H23NO3. The van der Waals surface area contributed by atoms with Gasteiger partial charge in [-0.2, -0.15) is 0 Å². The van der Waals surface area contributed by atoms with Crippen molar-refractivity contribution < 1.29 is 14.0 Å². The highest BCUT2D eigenvalue weighted by Crippen LogP contribution is 2.39. The zero-order valence-corrected chi connectivity index (χ0v) is 22.5. The van der Waals surface area contributed by atoms with E-state index in [1.807, 2.05) is 91.0 Å². The average molecular weight is 542 g/mol. The van der Waals surface area contributed by atoms with Crippen LogP contribution in [0.1, 0.15) is 26.3 Å². The van der Waals surface area contributed by atoms with Gasteiger partial charge >= 0.3 is 0 Å². The molecule has 0 saturated heterocycles. The molecule has 1 aliphatic carbocycles. The van der Waals surface area contributed by atoms with Gasteiger partial charge in [-0.3, -0.25) is 9.59 Å². The molecule has 1 heterocycles. The van der Waals surface area contributed by atoms with E-state index in [-0.39, 0.29) is 17.1 Å². The predicted molar refractivity (Wildman–Crippen MR) is 169 cm³/mol. The Labute approximate surface area is 241 Å². The van der Waals surface area contributed by atoms with Crippen LogP contribution in [0, 0.1) is 0 Å². The van der Waals surface area contributed by atoms with E-state index in [2.05, 4.69) is 47.4 Å². The van der Waals surface area contributed by atoms with E-state index in [1.54, 1.807) is 6.08 Å². The summed E-state index contributed by atoms with van der Waals surface area (Å²) in [6, 6.07) is 43.9. The Morgan fingerprint density at radius 2 is 1.02 bits per heavy atom. The summed E-state index contributed by atoms with van der Waals surface area (Å²) in [7, 11) is 0. The number of carbonyl (C=O) groups is 2. The summed E-state index contributed by atoms with van der Waals surface area (Å²) in [6.45, 7) is 0. The molecule has 4 heteroatoms. The first-order valence-electron chi connectivity index (χ1n) is 13.8. The maximum atomic E-state index is 13.3. The van der Waals surface area contributed by atoms with Gasteiger partial charge in [-0.05, 0) is 83.1 Å². The minimum absolute atomic E-state index is 0.180. The highest BCUT2D eigenvalue weighted by molar-refractivity contribution is 6.42. The summed E-state index contributed by atoms with van der Waals surface area (Å²) >= 11 is 0. The van der Waals surface area contributed by atoms with Crippen molar-refractivity contribution in [1.29, 1.82) is 0 Å². The summed E-state index contributed by atoms with van der Waals surface area (Å²) in [5.41, 5.74) is 6.38. The van der Waals surface area contributed by atoms with Crippen molar-refractivity contribution in [2.45, 2.75) is 0 Å². The van der Waals surface area contributed by atoms with Gasteiger partial charge in [0, 0.05) is 45.0 Å². The molecule has 0 fully saturated rings. The molecule has 0 unspecified atom stereocenters. The standard InChI is InChI=1S/C38H23NO3/c40-37-32-21-25-9-7-8-10-26(25)22-33(32)38(41)34(37)19-24-15-17-30-31-18-16-29(23-36(31)42-35(30)20-24)39(27-11-3-1-4-12-27)28-13-5-2-6-14-28/h1-23H. The minimum Gasteiger partial charge on any atom is -0.456 e. The quantitative estimate of drug-likeness (QED) is 0.164. The first-order chi connectivity index (χ1) is 20.6. The third-order valence-corrected chi connectivity index (χ3v) is 7.94. The predicted octanol–water partition coefficient (Wildman–Crippen LogP) is 9.67. The molecular weight excluding hydrogens is 518 g/mol. The highest BCUT2D eigenvalue weighted by atomic mass is 16.3. The Hall–Kier alpha value is -5.74. The maximum absolute atomic E-state index is 13.3. The van der Waals surface area contributed by atoms with Crippen molar-refractivity contribution in [1.82, 2.24) is 0 Å². The monoisotopic (exact) mass is 541 g/mol.